The van der Waals surface area contributed by atoms with Crippen molar-refractivity contribution >= 4 is 17.9 Å². The van der Waals surface area contributed by atoms with E-state index in [9.17, 15) is 27.6 Å². The van der Waals surface area contributed by atoms with Gasteiger partial charge in [-0.05, 0) is 18.1 Å². The third kappa shape index (κ3) is 4.06. The van der Waals surface area contributed by atoms with E-state index in [1.165, 1.54) is 12.1 Å². The number of likely N-dealkylation sites (tertiary alicyclic amines) is 1. The number of ether oxygens (including phenoxy) is 1. The van der Waals surface area contributed by atoms with E-state index in [1.54, 1.807) is 20.8 Å². The van der Waals surface area contributed by atoms with Gasteiger partial charge in [0.15, 0.2) is 0 Å². The first-order valence-electron chi connectivity index (χ1n) is 8.27. The number of primary amides is 1. The Morgan fingerprint density at radius 1 is 1.26 bits per heavy atom. The molecule has 0 saturated carbocycles. The lowest BCUT2D eigenvalue weighted by atomic mass is 9.75. The molecule has 0 spiro atoms. The van der Waals surface area contributed by atoms with Gasteiger partial charge in [0.2, 0.25) is 11.5 Å². The summed E-state index contributed by atoms with van der Waals surface area (Å²) in [5.41, 5.74) is 1.97. The molecule has 0 bridgehead atoms. The van der Waals surface area contributed by atoms with Crippen LogP contribution in [-0.2, 0) is 26.9 Å². The van der Waals surface area contributed by atoms with Gasteiger partial charge < -0.3 is 10.5 Å². The second-order valence-corrected chi connectivity index (χ2v) is 7.47. The first-order valence-corrected chi connectivity index (χ1v) is 8.27. The number of imide groups is 1. The molecule has 6 nitrogen and oxygen atoms in total. The molecule has 1 fully saturated rings. The highest BCUT2D eigenvalue weighted by Gasteiger charge is 2.61. The summed E-state index contributed by atoms with van der Waals surface area (Å²) in [6.45, 7) is 4.78. The Hall–Kier alpha value is -2.58. The quantitative estimate of drug-likeness (QED) is 0.806. The summed E-state index contributed by atoms with van der Waals surface area (Å²) in [5.74, 6) is -1.28. The van der Waals surface area contributed by atoms with Crippen LogP contribution >= 0.6 is 0 Å². The van der Waals surface area contributed by atoms with Gasteiger partial charge in [-0.25, -0.2) is 4.79 Å². The zero-order valence-corrected chi connectivity index (χ0v) is 15.2. The Kier molecular flexibility index (Phi) is 5.27. The number of benzene rings is 1. The fourth-order valence-electron chi connectivity index (χ4n) is 3.08. The Balaban J connectivity index is 2.22. The number of hydrogen-bond donors (Lipinski definition) is 1. The van der Waals surface area contributed by atoms with Crippen LogP contribution in [0.4, 0.5) is 18.0 Å². The van der Waals surface area contributed by atoms with Crippen LogP contribution in [-0.4, -0.2) is 35.0 Å². The minimum atomic E-state index is -4.48. The molecule has 1 saturated heterocycles. The van der Waals surface area contributed by atoms with Crippen LogP contribution in [0.2, 0.25) is 0 Å². The van der Waals surface area contributed by atoms with Gasteiger partial charge >= 0.3 is 12.3 Å². The molecule has 1 heterocycles. The number of nitrogens with two attached hydrogens (primary N) is 1. The van der Waals surface area contributed by atoms with E-state index < -0.39 is 40.7 Å². The van der Waals surface area contributed by atoms with E-state index in [-0.39, 0.29) is 19.4 Å². The van der Waals surface area contributed by atoms with Crippen molar-refractivity contribution in [3.05, 3.63) is 35.4 Å². The van der Waals surface area contributed by atoms with Gasteiger partial charge in [-0.2, -0.15) is 13.2 Å². The highest BCUT2D eigenvalue weighted by Crippen LogP contribution is 2.43. The maximum atomic E-state index is 12.9. The standard InChI is InChI=1S/C18H21F3N2O4/c1-16(2,3)17(27-15(22)26)10-13(24)23(14(17)25)8-7-11-5-4-6-12(9-11)18(19,20)21/h4-6,9H,7-8,10H2,1-3H3,(H2,22,26). The molecule has 1 aromatic rings. The van der Waals surface area contributed by atoms with Crippen LogP contribution in [0.5, 0.6) is 0 Å². The van der Waals surface area contributed by atoms with Gasteiger partial charge in [0.05, 0.1) is 12.0 Å². The summed E-state index contributed by atoms with van der Waals surface area (Å²) in [5, 5.41) is 0. The average Bonchev–Trinajstić information content (AvgIpc) is 2.75. The van der Waals surface area contributed by atoms with Crippen LogP contribution in [0.25, 0.3) is 0 Å². The SMILES string of the molecule is CC(C)(C)C1(OC(N)=O)CC(=O)N(CCc2cccc(C(F)(F)F)c2)C1=O. The van der Waals surface area contributed by atoms with E-state index in [1.807, 2.05) is 0 Å². The van der Waals surface area contributed by atoms with Crippen molar-refractivity contribution in [2.24, 2.45) is 11.1 Å². The van der Waals surface area contributed by atoms with Crippen LogP contribution in [0.15, 0.2) is 24.3 Å². The summed E-state index contributed by atoms with van der Waals surface area (Å²) in [6, 6.07) is 4.67. The highest BCUT2D eigenvalue weighted by molar-refractivity contribution is 6.09. The van der Waals surface area contributed by atoms with Crippen molar-refractivity contribution in [3.8, 4) is 0 Å². The van der Waals surface area contributed by atoms with Crippen molar-refractivity contribution in [3.63, 3.8) is 0 Å². The van der Waals surface area contributed by atoms with Gasteiger partial charge in [0, 0.05) is 12.0 Å². The summed E-state index contributed by atoms with van der Waals surface area (Å²) in [7, 11) is 0. The Bertz CT molecular complexity index is 771. The molecule has 1 aliphatic heterocycles. The zero-order chi connectivity index (χ0) is 20.6. The zero-order valence-electron chi connectivity index (χ0n) is 15.2. The maximum absolute atomic E-state index is 12.9. The molecule has 1 aromatic carbocycles. The smallest absolute Gasteiger partial charge is 0.416 e. The number of hydrogen-bond acceptors (Lipinski definition) is 4. The Morgan fingerprint density at radius 3 is 2.41 bits per heavy atom. The molecule has 2 rings (SSSR count). The van der Waals surface area contributed by atoms with Gasteiger partial charge in [0.25, 0.3) is 5.91 Å². The maximum Gasteiger partial charge on any atom is 0.416 e. The summed E-state index contributed by atoms with van der Waals surface area (Å²) < 4.78 is 43.5. The van der Waals surface area contributed by atoms with Gasteiger partial charge in [-0.3, -0.25) is 14.5 Å². The molecule has 27 heavy (non-hydrogen) atoms. The normalized spacial score (nSPS) is 20.9. The first-order chi connectivity index (χ1) is 12.3. The van der Waals surface area contributed by atoms with E-state index >= 15 is 0 Å². The Morgan fingerprint density at radius 2 is 1.89 bits per heavy atom. The molecule has 2 N–H and O–H groups in total. The molecular formula is C18H21F3N2O4. The lowest BCUT2D eigenvalue weighted by molar-refractivity contribution is -0.154. The fourth-order valence-corrected chi connectivity index (χ4v) is 3.08. The van der Waals surface area contributed by atoms with Crippen molar-refractivity contribution in [2.75, 3.05) is 6.54 Å². The average molecular weight is 386 g/mol. The second kappa shape index (κ2) is 6.86. The molecule has 3 amide bonds. The molecule has 148 valence electrons. The predicted octanol–water partition coefficient (Wildman–Crippen LogP) is 2.89. The molecule has 9 heteroatoms. The minimum absolute atomic E-state index is 0.0399. The monoisotopic (exact) mass is 386 g/mol. The lowest BCUT2D eigenvalue weighted by Gasteiger charge is -2.37. The molecule has 0 aromatic heterocycles. The molecule has 0 aliphatic carbocycles. The number of carbonyl (C=O) groups excluding carboxylic acids is 3. The fraction of sp³-hybridized carbons (Fsp3) is 0.500. The summed E-state index contributed by atoms with van der Waals surface area (Å²) >= 11 is 0. The molecule has 1 atom stereocenters. The predicted molar refractivity (Wildman–Crippen MR) is 89.3 cm³/mol. The van der Waals surface area contributed by atoms with E-state index in [2.05, 4.69) is 0 Å². The third-order valence-electron chi connectivity index (χ3n) is 4.66. The van der Waals surface area contributed by atoms with Crippen molar-refractivity contribution in [1.82, 2.24) is 4.90 Å². The second-order valence-electron chi connectivity index (χ2n) is 7.47. The van der Waals surface area contributed by atoms with Crippen LogP contribution in [0.1, 0.15) is 38.3 Å². The van der Waals surface area contributed by atoms with E-state index in [0.717, 1.165) is 17.0 Å². The number of carbonyl (C=O) groups is 3. The number of rotatable bonds is 4. The van der Waals surface area contributed by atoms with Gasteiger partial charge in [-0.15, -0.1) is 0 Å². The molecule has 1 aliphatic rings. The number of alkyl halides is 3. The minimum Gasteiger partial charge on any atom is -0.432 e. The van der Waals surface area contributed by atoms with Crippen LogP contribution < -0.4 is 5.73 Å². The number of nitrogens with zero attached hydrogens (tertiary/aromatic N) is 1. The molecule has 0 radical (unpaired) electrons. The number of amides is 3. The van der Waals surface area contributed by atoms with Gasteiger partial charge in [0.1, 0.15) is 0 Å². The van der Waals surface area contributed by atoms with Crippen LogP contribution in [0.3, 0.4) is 0 Å². The summed E-state index contributed by atoms with van der Waals surface area (Å²) in [4.78, 5) is 37.4. The lowest BCUT2D eigenvalue weighted by Crippen LogP contribution is -2.54. The largest absolute Gasteiger partial charge is 0.432 e. The highest BCUT2D eigenvalue weighted by atomic mass is 19.4. The van der Waals surface area contributed by atoms with Gasteiger partial charge in [-0.1, -0.05) is 39.0 Å². The Labute approximate surface area is 154 Å². The van der Waals surface area contributed by atoms with E-state index in [0.29, 0.717) is 5.56 Å². The molecular weight excluding hydrogens is 365 g/mol. The summed E-state index contributed by atoms with van der Waals surface area (Å²) in [6.07, 6.45) is -5.98. The van der Waals surface area contributed by atoms with Crippen molar-refractivity contribution in [1.29, 1.82) is 0 Å². The van der Waals surface area contributed by atoms with Crippen LogP contribution in [0, 0.1) is 5.41 Å². The van der Waals surface area contributed by atoms with Crippen molar-refractivity contribution < 1.29 is 32.3 Å². The van der Waals surface area contributed by atoms with Crippen molar-refractivity contribution in [2.45, 2.75) is 45.4 Å². The number of halogens is 3. The first kappa shape index (κ1) is 20.7. The molecule has 1 unspecified atom stereocenters. The topological polar surface area (TPSA) is 89.7 Å². The third-order valence-corrected chi connectivity index (χ3v) is 4.66. The van der Waals surface area contributed by atoms with E-state index in [4.69, 9.17) is 10.5 Å².